The molecule has 0 bridgehead atoms. The number of nitriles is 1. The minimum Gasteiger partial charge on any atom is -0.358 e. The van der Waals surface area contributed by atoms with Crippen molar-refractivity contribution in [2.24, 2.45) is 0 Å². The second-order valence-electron chi connectivity index (χ2n) is 5.36. The standard InChI is InChI=1S/C16H19ClN4O/c1-21(13-6-3-2-4-7-13)16(22)12(10-18)11-20-14-8-5-9-19-15(14)17/h5,8-9,11,13,20H,2-4,6-7H2,1H3/b12-11-. The van der Waals surface area contributed by atoms with E-state index in [1.165, 1.54) is 12.6 Å². The number of halogens is 1. The van der Waals surface area contributed by atoms with Crippen molar-refractivity contribution < 1.29 is 4.79 Å². The summed E-state index contributed by atoms with van der Waals surface area (Å²) in [6.07, 6.45) is 8.47. The van der Waals surface area contributed by atoms with Crippen molar-refractivity contribution in [1.82, 2.24) is 9.88 Å². The Morgan fingerprint density at radius 2 is 2.23 bits per heavy atom. The van der Waals surface area contributed by atoms with Gasteiger partial charge in [-0.05, 0) is 25.0 Å². The molecule has 0 radical (unpaired) electrons. The number of nitrogens with one attached hydrogen (secondary N) is 1. The molecule has 0 aromatic carbocycles. The number of carbonyl (C=O) groups excluding carboxylic acids is 1. The van der Waals surface area contributed by atoms with E-state index < -0.39 is 0 Å². The van der Waals surface area contributed by atoms with Crippen LogP contribution >= 0.6 is 11.6 Å². The highest BCUT2D eigenvalue weighted by Crippen LogP contribution is 2.23. The Labute approximate surface area is 135 Å². The Bertz CT molecular complexity index is 602. The number of nitrogens with zero attached hydrogens (tertiary/aromatic N) is 3. The van der Waals surface area contributed by atoms with Crippen LogP contribution in [0.25, 0.3) is 0 Å². The summed E-state index contributed by atoms with van der Waals surface area (Å²) >= 11 is 5.93. The van der Waals surface area contributed by atoms with E-state index in [2.05, 4.69) is 10.3 Å². The Balaban J connectivity index is 2.06. The molecule has 0 spiro atoms. The van der Waals surface area contributed by atoms with Gasteiger partial charge < -0.3 is 10.2 Å². The summed E-state index contributed by atoms with van der Waals surface area (Å²) in [5, 5.41) is 12.4. The molecule has 1 aliphatic rings. The van der Waals surface area contributed by atoms with Crippen molar-refractivity contribution in [1.29, 1.82) is 5.26 Å². The highest BCUT2D eigenvalue weighted by Gasteiger charge is 2.24. The van der Waals surface area contributed by atoms with Gasteiger partial charge in [-0.2, -0.15) is 5.26 Å². The van der Waals surface area contributed by atoms with Crippen LogP contribution in [-0.4, -0.2) is 28.9 Å². The number of rotatable bonds is 4. The average Bonchev–Trinajstić information content (AvgIpc) is 2.56. The largest absolute Gasteiger partial charge is 0.358 e. The topological polar surface area (TPSA) is 69.0 Å². The first kappa shape index (κ1) is 16.3. The third kappa shape index (κ3) is 3.99. The van der Waals surface area contributed by atoms with Crippen LogP contribution < -0.4 is 5.32 Å². The molecular weight excluding hydrogens is 300 g/mol. The van der Waals surface area contributed by atoms with Crippen molar-refractivity contribution in [3.05, 3.63) is 35.3 Å². The summed E-state index contributed by atoms with van der Waals surface area (Å²) in [4.78, 5) is 18.0. The molecule has 1 saturated carbocycles. The second kappa shape index (κ2) is 7.81. The van der Waals surface area contributed by atoms with Gasteiger partial charge in [0.15, 0.2) is 5.15 Å². The first-order valence-electron chi connectivity index (χ1n) is 7.38. The van der Waals surface area contributed by atoms with Gasteiger partial charge in [0.05, 0.1) is 5.69 Å². The molecule has 1 aliphatic carbocycles. The molecule has 0 saturated heterocycles. The molecule has 0 unspecified atom stereocenters. The van der Waals surface area contributed by atoms with E-state index in [9.17, 15) is 10.1 Å². The predicted octanol–water partition coefficient (Wildman–Crippen LogP) is 3.35. The monoisotopic (exact) mass is 318 g/mol. The zero-order valence-corrected chi connectivity index (χ0v) is 13.3. The summed E-state index contributed by atoms with van der Waals surface area (Å²) in [7, 11) is 1.76. The Hall–Kier alpha value is -2.06. The number of carbonyl (C=O) groups is 1. The molecule has 6 heteroatoms. The highest BCUT2D eigenvalue weighted by molar-refractivity contribution is 6.32. The number of hydrogen-bond acceptors (Lipinski definition) is 4. The zero-order chi connectivity index (χ0) is 15.9. The third-order valence-electron chi connectivity index (χ3n) is 3.92. The van der Waals surface area contributed by atoms with Crippen molar-refractivity contribution in [2.75, 3.05) is 12.4 Å². The van der Waals surface area contributed by atoms with Gasteiger partial charge in [0.1, 0.15) is 11.6 Å². The summed E-state index contributed by atoms with van der Waals surface area (Å²) in [5.41, 5.74) is 0.623. The number of aromatic nitrogens is 1. The third-order valence-corrected chi connectivity index (χ3v) is 4.23. The van der Waals surface area contributed by atoms with E-state index in [0.29, 0.717) is 10.8 Å². The van der Waals surface area contributed by atoms with Crippen LogP contribution in [0.4, 0.5) is 5.69 Å². The molecule has 1 fully saturated rings. The maximum atomic E-state index is 12.4. The van der Waals surface area contributed by atoms with Crippen LogP contribution in [0.2, 0.25) is 5.15 Å². The molecule has 1 amide bonds. The number of pyridine rings is 1. The van der Waals surface area contributed by atoms with Gasteiger partial charge in [0.25, 0.3) is 5.91 Å². The second-order valence-corrected chi connectivity index (χ2v) is 5.72. The molecular formula is C16H19ClN4O. The molecule has 2 rings (SSSR count). The summed E-state index contributed by atoms with van der Waals surface area (Å²) < 4.78 is 0. The van der Waals surface area contributed by atoms with Crippen LogP contribution in [0.1, 0.15) is 32.1 Å². The van der Waals surface area contributed by atoms with Crippen LogP contribution in [0.3, 0.4) is 0 Å². The number of hydrogen-bond donors (Lipinski definition) is 1. The van der Waals surface area contributed by atoms with Crippen molar-refractivity contribution >= 4 is 23.2 Å². The normalized spacial score (nSPS) is 16.0. The van der Waals surface area contributed by atoms with E-state index in [4.69, 9.17) is 11.6 Å². The van der Waals surface area contributed by atoms with Crippen LogP contribution in [-0.2, 0) is 4.79 Å². The van der Waals surface area contributed by atoms with Gasteiger partial charge in [0, 0.05) is 25.5 Å². The van der Waals surface area contributed by atoms with E-state index in [1.807, 2.05) is 6.07 Å². The molecule has 0 atom stereocenters. The number of likely N-dealkylation sites (N-methyl/N-ethyl adjacent to an activating group) is 1. The van der Waals surface area contributed by atoms with Crippen LogP contribution in [0, 0.1) is 11.3 Å². The zero-order valence-electron chi connectivity index (χ0n) is 12.6. The molecule has 1 aromatic heterocycles. The summed E-state index contributed by atoms with van der Waals surface area (Å²) in [6, 6.07) is 5.64. The lowest BCUT2D eigenvalue weighted by Gasteiger charge is -2.31. The van der Waals surface area contributed by atoms with Crippen molar-refractivity contribution in [3.8, 4) is 6.07 Å². The molecule has 1 aromatic rings. The average molecular weight is 319 g/mol. The van der Waals surface area contributed by atoms with Crippen LogP contribution in [0.5, 0.6) is 0 Å². The molecule has 0 aliphatic heterocycles. The molecule has 116 valence electrons. The number of amides is 1. The van der Waals surface area contributed by atoms with Gasteiger partial charge in [0.2, 0.25) is 0 Å². The van der Waals surface area contributed by atoms with Crippen LogP contribution in [0.15, 0.2) is 30.1 Å². The maximum absolute atomic E-state index is 12.4. The van der Waals surface area contributed by atoms with E-state index in [1.54, 1.807) is 30.3 Å². The lowest BCUT2D eigenvalue weighted by Crippen LogP contribution is -2.39. The summed E-state index contributed by atoms with van der Waals surface area (Å²) in [6.45, 7) is 0. The van der Waals surface area contributed by atoms with Crippen molar-refractivity contribution in [2.45, 2.75) is 38.1 Å². The minimum atomic E-state index is -0.262. The van der Waals surface area contributed by atoms with E-state index in [-0.39, 0.29) is 17.5 Å². The van der Waals surface area contributed by atoms with E-state index >= 15 is 0 Å². The maximum Gasteiger partial charge on any atom is 0.266 e. The first-order chi connectivity index (χ1) is 10.6. The van der Waals surface area contributed by atoms with Gasteiger partial charge in [-0.3, -0.25) is 4.79 Å². The Morgan fingerprint density at radius 1 is 1.50 bits per heavy atom. The van der Waals surface area contributed by atoms with Gasteiger partial charge in [-0.1, -0.05) is 30.9 Å². The smallest absolute Gasteiger partial charge is 0.266 e. The lowest BCUT2D eigenvalue weighted by molar-refractivity contribution is -0.128. The van der Waals surface area contributed by atoms with E-state index in [0.717, 1.165) is 25.7 Å². The van der Waals surface area contributed by atoms with Gasteiger partial charge >= 0.3 is 0 Å². The predicted molar refractivity (Wildman–Crippen MR) is 86.2 cm³/mol. The molecule has 1 heterocycles. The highest BCUT2D eigenvalue weighted by atomic mass is 35.5. The fraction of sp³-hybridized carbons (Fsp3) is 0.438. The molecule has 22 heavy (non-hydrogen) atoms. The summed E-state index contributed by atoms with van der Waals surface area (Å²) in [5.74, 6) is -0.262. The lowest BCUT2D eigenvalue weighted by atomic mass is 9.94. The first-order valence-corrected chi connectivity index (χ1v) is 7.75. The van der Waals surface area contributed by atoms with Crippen molar-refractivity contribution in [3.63, 3.8) is 0 Å². The quantitative estimate of drug-likeness (QED) is 0.525. The van der Waals surface area contributed by atoms with Gasteiger partial charge in [-0.25, -0.2) is 4.98 Å². The Kier molecular flexibility index (Phi) is 5.79. The molecule has 5 nitrogen and oxygen atoms in total. The fourth-order valence-electron chi connectivity index (χ4n) is 2.61. The SMILES string of the molecule is CN(C(=O)/C(C#N)=C\Nc1cccnc1Cl)C1CCCCC1. The Morgan fingerprint density at radius 3 is 2.86 bits per heavy atom. The number of anilines is 1. The fourth-order valence-corrected chi connectivity index (χ4v) is 2.78. The molecule has 1 N–H and O–H groups in total. The minimum absolute atomic E-state index is 0.0630. The van der Waals surface area contributed by atoms with Gasteiger partial charge in [-0.15, -0.1) is 0 Å².